The molecule has 1 heterocycles. The molecule has 1 saturated heterocycles. The summed E-state index contributed by atoms with van der Waals surface area (Å²) in [6, 6.07) is 13.2. The molecule has 2 aromatic rings. The third-order valence-electron chi connectivity index (χ3n) is 4.96. The number of hydrogen-bond donors (Lipinski definition) is 0. The number of rotatable bonds is 5. The number of piperidine rings is 1. The summed E-state index contributed by atoms with van der Waals surface area (Å²) >= 11 is 0. The summed E-state index contributed by atoms with van der Waals surface area (Å²) in [6.07, 6.45) is 4.03. The van der Waals surface area contributed by atoms with Crippen LogP contribution in [0, 0.1) is 0 Å². The van der Waals surface area contributed by atoms with Gasteiger partial charge in [0.2, 0.25) is 0 Å². The van der Waals surface area contributed by atoms with E-state index in [-0.39, 0.29) is 11.3 Å². The van der Waals surface area contributed by atoms with E-state index in [1.54, 1.807) is 24.4 Å². The minimum atomic E-state index is -0.556. The molecule has 0 radical (unpaired) electrons. The van der Waals surface area contributed by atoms with Crippen LogP contribution in [0.3, 0.4) is 0 Å². The molecule has 1 aliphatic rings. The zero-order chi connectivity index (χ0) is 19.9. The standard InChI is InChI=1S/C21H23N5O2/c1-26-12-4-6-17(14-26)15-8-10-18(11-9-15)23-13-16-5-3-7-19(21(27)28-2)20(16)24-25-22/h3,5,7-11,13,17H,4,6,12,14H2,1-2H3/t17-/m1/s1. The Morgan fingerprint density at radius 1 is 1.29 bits per heavy atom. The molecule has 0 aliphatic carbocycles. The fraction of sp³-hybridized carbons (Fsp3) is 0.333. The van der Waals surface area contributed by atoms with Crippen LogP contribution >= 0.6 is 0 Å². The number of carbonyl (C=O) groups excluding carboxylic acids is 1. The van der Waals surface area contributed by atoms with Crippen LogP contribution in [0.15, 0.2) is 52.6 Å². The van der Waals surface area contributed by atoms with Crippen LogP contribution in [0.1, 0.15) is 40.2 Å². The molecule has 0 N–H and O–H groups in total. The van der Waals surface area contributed by atoms with Gasteiger partial charge in [-0.15, -0.1) is 0 Å². The van der Waals surface area contributed by atoms with E-state index in [1.165, 1.54) is 25.5 Å². The van der Waals surface area contributed by atoms with Crippen LogP contribution in [0.2, 0.25) is 0 Å². The fourth-order valence-corrected chi connectivity index (χ4v) is 3.51. The van der Waals surface area contributed by atoms with Gasteiger partial charge in [0.25, 0.3) is 0 Å². The van der Waals surface area contributed by atoms with Gasteiger partial charge in [0, 0.05) is 23.2 Å². The van der Waals surface area contributed by atoms with Gasteiger partial charge < -0.3 is 9.64 Å². The maximum Gasteiger partial charge on any atom is 0.338 e. The molecule has 0 unspecified atom stereocenters. The fourth-order valence-electron chi connectivity index (χ4n) is 3.51. The van der Waals surface area contributed by atoms with Crippen molar-refractivity contribution in [3.63, 3.8) is 0 Å². The van der Waals surface area contributed by atoms with E-state index in [0.29, 0.717) is 11.5 Å². The number of esters is 1. The lowest BCUT2D eigenvalue weighted by Crippen LogP contribution is -2.30. The van der Waals surface area contributed by atoms with E-state index in [4.69, 9.17) is 10.3 Å². The summed E-state index contributed by atoms with van der Waals surface area (Å²) in [5, 5.41) is 3.65. The Hall–Kier alpha value is -3.15. The number of hydrogen-bond acceptors (Lipinski definition) is 5. The number of ether oxygens (including phenoxy) is 1. The van der Waals surface area contributed by atoms with Crippen LogP contribution < -0.4 is 0 Å². The zero-order valence-electron chi connectivity index (χ0n) is 16.1. The normalized spacial score (nSPS) is 17.3. The minimum absolute atomic E-state index is 0.209. The van der Waals surface area contributed by atoms with Gasteiger partial charge >= 0.3 is 5.97 Å². The molecule has 3 rings (SSSR count). The van der Waals surface area contributed by atoms with Crippen LogP contribution in [0.25, 0.3) is 10.4 Å². The number of nitrogens with zero attached hydrogens (tertiary/aromatic N) is 5. The lowest BCUT2D eigenvalue weighted by Gasteiger charge is -2.29. The largest absolute Gasteiger partial charge is 0.465 e. The molecule has 1 fully saturated rings. The van der Waals surface area contributed by atoms with Crippen LogP contribution in [0.5, 0.6) is 0 Å². The first kappa shape index (κ1) is 19.6. The van der Waals surface area contributed by atoms with Gasteiger partial charge in [-0.05, 0) is 61.6 Å². The summed E-state index contributed by atoms with van der Waals surface area (Å²) in [6.45, 7) is 2.25. The van der Waals surface area contributed by atoms with Gasteiger partial charge in [-0.2, -0.15) is 0 Å². The molecular formula is C21H23N5O2. The lowest BCUT2D eigenvalue weighted by molar-refractivity contribution is 0.0601. The van der Waals surface area contributed by atoms with Crippen molar-refractivity contribution in [2.45, 2.75) is 18.8 Å². The number of benzene rings is 2. The Balaban J connectivity index is 1.82. The lowest BCUT2D eigenvalue weighted by atomic mass is 9.91. The van der Waals surface area contributed by atoms with Crippen molar-refractivity contribution in [2.24, 2.45) is 10.1 Å². The average Bonchev–Trinajstić information content (AvgIpc) is 2.73. The van der Waals surface area contributed by atoms with Crippen molar-refractivity contribution in [2.75, 3.05) is 27.2 Å². The number of aliphatic imine (C=N–C) groups is 1. The van der Waals surface area contributed by atoms with E-state index in [1.807, 2.05) is 12.1 Å². The Morgan fingerprint density at radius 3 is 2.75 bits per heavy atom. The molecule has 1 aliphatic heterocycles. The SMILES string of the molecule is COC(=O)c1cccc(C=Nc2ccc([C@@H]3CCCN(C)C3)cc2)c1N=[N+]=[N-]. The van der Waals surface area contributed by atoms with Gasteiger partial charge in [-0.3, -0.25) is 4.99 Å². The van der Waals surface area contributed by atoms with Crippen LogP contribution in [0.4, 0.5) is 11.4 Å². The molecule has 144 valence electrons. The summed E-state index contributed by atoms with van der Waals surface area (Å²) in [5.74, 6) is 0.00420. The molecule has 0 amide bonds. The molecular weight excluding hydrogens is 354 g/mol. The highest BCUT2D eigenvalue weighted by Gasteiger charge is 2.18. The van der Waals surface area contributed by atoms with Gasteiger partial charge in [-0.1, -0.05) is 29.4 Å². The maximum absolute atomic E-state index is 11.9. The maximum atomic E-state index is 11.9. The molecule has 2 aromatic carbocycles. The van der Waals surface area contributed by atoms with E-state index in [2.05, 4.69) is 39.1 Å². The Kier molecular flexibility index (Phi) is 6.42. The molecule has 7 heteroatoms. The van der Waals surface area contributed by atoms with Crippen molar-refractivity contribution in [3.8, 4) is 0 Å². The molecule has 0 spiro atoms. The molecule has 0 bridgehead atoms. The van der Waals surface area contributed by atoms with Crippen molar-refractivity contribution in [1.29, 1.82) is 0 Å². The van der Waals surface area contributed by atoms with Crippen LogP contribution in [-0.4, -0.2) is 44.3 Å². The van der Waals surface area contributed by atoms with E-state index in [0.717, 1.165) is 18.8 Å². The second-order valence-corrected chi connectivity index (χ2v) is 6.88. The van der Waals surface area contributed by atoms with Gasteiger partial charge in [0.1, 0.15) is 0 Å². The quantitative estimate of drug-likeness (QED) is 0.242. The summed E-state index contributed by atoms with van der Waals surface area (Å²) in [7, 11) is 3.45. The van der Waals surface area contributed by atoms with E-state index >= 15 is 0 Å². The summed E-state index contributed by atoms with van der Waals surface area (Å²) < 4.78 is 4.75. The Labute approximate surface area is 164 Å². The predicted octanol–water partition coefficient (Wildman–Crippen LogP) is 4.97. The van der Waals surface area contributed by atoms with Crippen molar-refractivity contribution in [3.05, 3.63) is 69.6 Å². The highest BCUT2D eigenvalue weighted by atomic mass is 16.5. The molecule has 28 heavy (non-hydrogen) atoms. The first-order chi connectivity index (χ1) is 13.6. The van der Waals surface area contributed by atoms with E-state index in [9.17, 15) is 4.79 Å². The van der Waals surface area contributed by atoms with Gasteiger partial charge in [-0.25, -0.2) is 4.79 Å². The minimum Gasteiger partial charge on any atom is -0.465 e. The van der Waals surface area contributed by atoms with Gasteiger partial charge in [0.05, 0.1) is 24.0 Å². The monoisotopic (exact) mass is 377 g/mol. The number of likely N-dealkylation sites (tertiary alicyclic amines) is 1. The molecule has 7 nitrogen and oxygen atoms in total. The molecule has 1 atom stereocenters. The number of azide groups is 1. The third kappa shape index (κ3) is 4.57. The predicted molar refractivity (Wildman–Crippen MR) is 110 cm³/mol. The number of likely N-dealkylation sites (N-methyl/N-ethyl adjacent to an activating group) is 1. The first-order valence-electron chi connectivity index (χ1n) is 9.21. The van der Waals surface area contributed by atoms with Crippen molar-refractivity contribution in [1.82, 2.24) is 4.90 Å². The number of methoxy groups -OCH3 is 1. The smallest absolute Gasteiger partial charge is 0.338 e. The highest BCUT2D eigenvalue weighted by molar-refractivity contribution is 6.00. The van der Waals surface area contributed by atoms with Crippen molar-refractivity contribution < 1.29 is 9.53 Å². The van der Waals surface area contributed by atoms with Gasteiger partial charge in [0.15, 0.2) is 0 Å². The molecule has 0 aromatic heterocycles. The molecule has 0 saturated carbocycles. The topological polar surface area (TPSA) is 90.7 Å². The Bertz CT molecular complexity index is 917. The van der Waals surface area contributed by atoms with Crippen molar-refractivity contribution >= 4 is 23.6 Å². The second-order valence-electron chi connectivity index (χ2n) is 6.88. The Morgan fingerprint density at radius 2 is 2.07 bits per heavy atom. The summed E-state index contributed by atoms with van der Waals surface area (Å²) in [4.78, 5) is 21.6. The third-order valence-corrected chi connectivity index (χ3v) is 4.96. The second kappa shape index (κ2) is 9.17. The van der Waals surface area contributed by atoms with E-state index < -0.39 is 5.97 Å². The highest BCUT2D eigenvalue weighted by Crippen LogP contribution is 2.28. The first-order valence-corrected chi connectivity index (χ1v) is 9.21. The number of carbonyl (C=O) groups is 1. The summed E-state index contributed by atoms with van der Waals surface area (Å²) in [5.41, 5.74) is 11.9. The van der Waals surface area contributed by atoms with Crippen LogP contribution in [-0.2, 0) is 4.74 Å². The zero-order valence-corrected chi connectivity index (χ0v) is 16.1. The average molecular weight is 377 g/mol.